The minimum absolute atomic E-state index is 0.00179. The number of nitrogens with one attached hydrogen (secondary N) is 1. The molecule has 0 saturated heterocycles. The van der Waals surface area contributed by atoms with E-state index in [0.717, 1.165) is 11.4 Å². The van der Waals surface area contributed by atoms with Crippen molar-refractivity contribution in [2.45, 2.75) is 0 Å². The molecule has 0 saturated carbocycles. The zero-order chi connectivity index (χ0) is 29.9. The second-order valence-corrected chi connectivity index (χ2v) is 8.37. The molecule has 5 rings (SSSR count). The second-order valence-electron chi connectivity index (χ2n) is 7.98. The fourth-order valence-corrected chi connectivity index (χ4v) is 3.31. The highest BCUT2D eigenvalue weighted by atomic mass is 35.5. The van der Waals surface area contributed by atoms with Gasteiger partial charge >= 0.3 is 0 Å². The van der Waals surface area contributed by atoms with E-state index in [1.165, 1.54) is 67.3 Å². The molecule has 0 unspecified atom stereocenters. The first-order chi connectivity index (χ1) is 20.3. The highest BCUT2D eigenvalue weighted by molar-refractivity contribution is 6.29. The lowest BCUT2D eigenvalue weighted by Gasteiger charge is -2.08. The molecule has 5 aromatic rings. The Labute approximate surface area is 242 Å². The number of halogens is 1. The SMILES string of the molecule is COc1ccc(Nc2cc(Oc3ccc([N+](=O)[O-])cc3)ncn2)cc1.O=[N+]([O-])c1ccc(Oc2cc(Cl)ncn2)cc1. The predicted molar refractivity (Wildman–Crippen MR) is 152 cm³/mol. The molecule has 2 aromatic heterocycles. The Morgan fingerprint density at radius 2 is 1.14 bits per heavy atom. The molecule has 14 nitrogen and oxygen atoms in total. The highest BCUT2D eigenvalue weighted by Crippen LogP contribution is 2.25. The van der Waals surface area contributed by atoms with Crippen molar-refractivity contribution in [3.63, 3.8) is 0 Å². The molecule has 0 aliphatic carbocycles. The Morgan fingerprint density at radius 3 is 1.62 bits per heavy atom. The van der Waals surface area contributed by atoms with E-state index >= 15 is 0 Å². The summed E-state index contributed by atoms with van der Waals surface area (Å²) in [5, 5.41) is 24.5. The molecule has 212 valence electrons. The second kappa shape index (κ2) is 14.0. The number of ether oxygens (including phenoxy) is 3. The van der Waals surface area contributed by atoms with Crippen LogP contribution in [0.5, 0.6) is 29.0 Å². The summed E-state index contributed by atoms with van der Waals surface area (Å²) in [6.07, 6.45) is 2.63. The first-order valence-electron chi connectivity index (χ1n) is 11.8. The van der Waals surface area contributed by atoms with Gasteiger partial charge in [-0.05, 0) is 48.5 Å². The Kier molecular flexibility index (Phi) is 9.67. The molecule has 0 amide bonds. The number of methoxy groups -OCH3 is 1. The molecule has 0 aliphatic heterocycles. The maximum absolute atomic E-state index is 10.7. The maximum Gasteiger partial charge on any atom is 0.269 e. The Balaban J connectivity index is 0.000000208. The Hall–Kier alpha value is -5.89. The minimum atomic E-state index is -0.481. The van der Waals surface area contributed by atoms with Gasteiger partial charge in [0.2, 0.25) is 11.8 Å². The van der Waals surface area contributed by atoms with Crippen LogP contribution < -0.4 is 19.5 Å². The van der Waals surface area contributed by atoms with Crippen molar-refractivity contribution >= 4 is 34.5 Å². The third kappa shape index (κ3) is 8.56. The van der Waals surface area contributed by atoms with Crippen molar-refractivity contribution in [2.75, 3.05) is 12.4 Å². The van der Waals surface area contributed by atoms with E-state index in [1.54, 1.807) is 13.2 Å². The van der Waals surface area contributed by atoms with Crippen LogP contribution in [-0.2, 0) is 0 Å². The van der Waals surface area contributed by atoms with E-state index < -0.39 is 9.85 Å². The summed E-state index contributed by atoms with van der Waals surface area (Å²) in [6, 6.07) is 21.9. The first-order valence-corrected chi connectivity index (χ1v) is 12.2. The van der Waals surface area contributed by atoms with E-state index in [-0.39, 0.29) is 22.4 Å². The van der Waals surface area contributed by atoms with Gasteiger partial charge in [-0.3, -0.25) is 20.2 Å². The van der Waals surface area contributed by atoms with Crippen molar-refractivity contribution in [1.82, 2.24) is 19.9 Å². The third-order valence-electron chi connectivity index (χ3n) is 5.15. The molecule has 2 heterocycles. The lowest BCUT2D eigenvalue weighted by Crippen LogP contribution is -1.96. The van der Waals surface area contributed by atoms with Crippen molar-refractivity contribution in [2.24, 2.45) is 0 Å². The van der Waals surface area contributed by atoms with Gasteiger partial charge in [-0.1, -0.05) is 11.6 Å². The summed E-state index contributed by atoms with van der Waals surface area (Å²) in [5.41, 5.74) is 0.829. The monoisotopic (exact) mass is 589 g/mol. The van der Waals surface area contributed by atoms with E-state index in [9.17, 15) is 20.2 Å². The van der Waals surface area contributed by atoms with E-state index in [1.807, 2.05) is 24.3 Å². The smallest absolute Gasteiger partial charge is 0.269 e. The maximum atomic E-state index is 10.7. The molecule has 0 radical (unpaired) electrons. The van der Waals surface area contributed by atoms with Crippen LogP contribution in [0.25, 0.3) is 0 Å². The van der Waals surface area contributed by atoms with E-state index in [0.29, 0.717) is 23.2 Å². The quantitative estimate of drug-likeness (QED) is 0.109. The van der Waals surface area contributed by atoms with E-state index in [2.05, 4.69) is 25.3 Å². The summed E-state index contributed by atoms with van der Waals surface area (Å²) in [6.45, 7) is 0. The lowest BCUT2D eigenvalue weighted by atomic mass is 10.3. The average molecular weight is 590 g/mol. The largest absolute Gasteiger partial charge is 0.497 e. The zero-order valence-corrected chi connectivity index (χ0v) is 22.4. The highest BCUT2D eigenvalue weighted by Gasteiger charge is 2.08. The molecule has 0 spiro atoms. The van der Waals surface area contributed by atoms with Crippen LogP contribution in [0.3, 0.4) is 0 Å². The lowest BCUT2D eigenvalue weighted by molar-refractivity contribution is -0.385. The number of rotatable bonds is 9. The van der Waals surface area contributed by atoms with Gasteiger partial charge in [0, 0.05) is 42.1 Å². The minimum Gasteiger partial charge on any atom is -0.497 e. The van der Waals surface area contributed by atoms with Crippen LogP contribution >= 0.6 is 11.6 Å². The molecule has 0 atom stereocenters. The summed E-state index contributed by atoms with van der Waals surface area (Å²) in [5.74, 6) is 2.79. The standard InChI is InChI=1S/C17H14N4O4.C10H6ClN3O3/c1-24-14-6-2-12(3-7-14)20-16-10-17(19-11-18-16)25-15-8-4-13(5-9-15)21(22)23;11-9-5-10(13-6-12-9)17-8-3-1-7(2-4-8)14(15)16/h2-11H,1H3,(H,18,19,20);1-6H. The van der Waals surface area contributed by atoms with Gasteiger partial charge < -0.3 is 19.5 Å². The van der Waals surface area contributed by atoms with Crippen LogP contribution in [0, 0.1) is 20.2 Å². The molecular formula is C27H20ClN7O7. The van der Waals surface area contributed by atoms with Crippen molar-refractivity contribution < 1.29 is 24.1 Å². The zero-order valence-electron chi connectivity index (χ0n) is 21.7. The van der Waals surface area contributed by atoms with Crippen molar-refractivity contribution in [1.29, 1.82) is 0 Å². The number of non-ortho nitro benzene ring substituents is 2. The third-order valence-corrected chi connectivity index (χ3v) is 5.36. The number of nitro benzene ring substituents is 2. The van der Waals surface area contributed by atoms with Crippen molar-refractivity contribution in [3.8, 4) is 29.0 Å². The molecule has 3 aromatic carbocycles. The van der Waals surface area contributed by atoms with Gasteiger partial charge in [0.05, 0.1) is 17.0 Å². The number of nitrogens with zero attached hydrogens (tertiary/aromatic N) is 6. The molecular weight excluding hydrogens is 570 g/mol. The normalized spacial score (nSPS) is 10.0. The van der Waals surface area contributed by atoms with Gasteiger partial charge in [-0.2, -0.15) is 0 Å². The predicted octanol–water partition coefficient (Wildman–Crippen LogP) is 6.76. The topological polar surface area (TPSA) is 178 Å². The molecule has 0 fully saturated rings. The summed E-state index contributed by atoms with van der Waals surface area (Å²) in [4.78, 5) is 35.9. The fourth-order valence-electron chi connectivity index (χ4n) is 3.17. The van der Waals surface area contributed by atoms with Crippen LogP contribution in [0.15, 0.2) is 97.6 Å². The van der Waals surface area contributed by atoms with Crippen LogP contribution in [-0.4, -0.2) is 36.9 Å². The number of benzene rings is 3. The summed E-state index contributed by atoms with van der Waals surface area (Å²) < 4.78 is 16.0. The molecule has 1 N–H and O–H groups in total. The Bertz CT molecular complexity index is 1660. The molecule has 0 aliphatic rings. The average Bonchev–Trinajstić information content (AvgIpc) is 2.99. The number of hydrogen-bond donors (Lipinski definition) is 1. The Morgan fingerprint density at radius 1 is 0.667 bits per heavy atom. The summed E-state index contributed by atoms with van der Waals surface area (Å²) >= 11 is 5.66. The van der Waals surface area contributed by atoms with Gasteiger partial charge in [-0.25, -0.2) is 19.9 Å². The number of nitro groups is 2. The summed E-state index contributed by atoms with van der Waals surface area (Å²) in [7, 11) is 1.61. The first kappa shape index (κ1) is 29.1. The number of aromatic nitrogens is 4. The van der Waals surface area contributed by atoms with Gasteiger partial charge in [0.15, 0.2) is 0 Å². The number of hydrogen-bond acceptors (Lipinski definition) is 12. The molecule has 15 heteroatoms. The van der Waals surface area contributed by atoms with Crippen LogP contribution in [0.2, 0.25) is 5.15 Å². The van der Waals surface area contributed by atoms with Gasteiger partial charge in [-0.15, -0.1) is 0 Å². The van der Waals surface area contributed by atoms with E-state index in [4.69, 9.17) is 25.8 Å². The number of anilines is 2. The molecule has 42 heavy (non-hydrogen) atoms. The van der Waals surface area contributed by atoms with Crippen molar-refractivity contribution in [3.05, 3.63) is 123 Å². The van der Waals surface area contributed by atoms with Gasteiger partial charge in [0.25, 0.3) is 11.4 Å². The van der Waals surface area contributed by atoms with Crippen LogP contribution in [0.1, 0.15) is 0 Å². The van der Waals surface area contributed by atoms with Crippen LogP contribution in [0.4, 0.5) is 22.9 Å². The molecule has 0 bridgehead atoms. The fraction of sp³-hybridized carbons (Fsp3) is 0.0370. The van der Waals surface area contributed by atoms with Gasteiger partial charge in [0.1, 0.15) is 40.9 Å².